The smallest absolute Gasteiger partial charge is 0.337 e. The molecule has 34 heavy (non-hydrogen) atoms. The van der Waals surface area contributed by atoms with Gasteiger partial charge in [0.25, 0.3) is 5.91 Å². The Labute approximate surface area is 206 Å². The van der Waals surface area contributed by atoms with Crippen molar-refractivity contribution in [3.8, 4) is 17.1 Å². The van der Waals surface area contributed by atoms with Crippen LogP contribution in [0.2, 0.25) is 0 Å². The van der Waals surface area contributed by atoms with Gasteiger partial charge in [0.15, 0.2) is 4.32 Å². The number of anilines is 1. The molecule has 0 atom stereocenters. The highest BCUT2D eigenvalue weighted by atomic mass is 32.2. The van der Waals surface area contributed by atoms with Crippen molar-refractivity contribution in [1.82, 2.24) is 5.01 Å². The molecule has 1 fully saturated rings. The van der Waals surface area contributed by atoms with Gasteiger partial charge in [0.2, 0.25) is 0 Å². The number of rotatable bonds is 9. The van der Waals surface area contributed by atoms with Gasteiger partial charge in [0.05, 0.1) is 22.8 Å². The van der Waals surface area contributed by atoms with Gasteiger partial charge in [0.1, 0.15) is 17.3 Å². The molecule has 1 aliphatic heterocycles. The van der Waals surface area contributed by atoms with Crippen molar-refractivity contribution in [3.63, 3.8) is 0 Å². The highest BCUT2D eigenvalue weighted by Gasteiger charge is 2.33. The fourth-order valence-electron chi connectivity index (χ4n) is 3.22. The number of amides is 1. The number of thiocarbonyl (C=S) groups is 1. The zero-order valence-corrected chi connectivity index (χ0v) is 19.9. The lowest BCUT2D eigenvalue weighted by molar-refractivity contribution is -0.121. The van der Waals surface area contributed by atoms with Crippen LogP contribution in [-0.4, -0.2) is 32.9 Å². The number of nitrogens with zero attached hydrogens (tertiary/aromatic N) is 1. The number of hydrogen-bond donors (Lipinski definition) is 2. The van der Waals surface area contributed by atoms with Crippen LogP contribution in [0.5, 0.6) is 5.75 Å². The summed E-state index contributed by atoms with van der Waals surface area (Å²) in [5.74, 6) is 0.485. The summed E-state index contributed by atoms with van der Waals surface area (Å²) in [5.41, 5.74) is 4.02. The predicted molar refractivity (Wildman–Crippen MR) is 137 cm³/mol. The predicted octanol–water partition coefficient (Wildman–Crippen LogP) is 6.05. The van der Waals surface area contributed by atoms with Crippen LogP contribution in [0.3, 0.4) is 0 Å². The number of carbonyl (C=O) groups excluding carboxylic acids is 1. The molecule has 0 bridgehead atoms. The molecular weight excluding hydrogens is 472 g/mol. The number of carboxylic acids is 1. The number of ether oxygens (including phenoxy) is 1. The summed E-state index contributed by atoms with van der Waals surface area (Å²) in [6.45, 7) is 2.81. The first kappa shape index (κ1) is 23.6. The summed E-state index contributed by atoms with van der Waals surface area (Å²) in [7, 11) is 0. The number of benzene rings is 2. The third-order valence-electron chi connectivity index (χ3n) is 4.99. The number of aromatic carboxylic acids is 1. The van der Waals surface area contributed by atoms with E-state index in [9.17, 15) is 14.7 Å². The van der Waals surface area contributed by atoms with Crippen LogP contribution in [0.1, 0.15) is 35.9 Å². The Morgan fingerprint density at radius 1 is 1.18 bits per heavy atom. The largest absolute Gasteiger partial charge is 0.494 e. The summed E-state index contributed by atoms with van der Waals surface area (Å²) in [4.78, 5) is 24.7. The Kier molecular flexibility index (Phi) is 7.34. The zero-order valence-electron chi connectivity index (χ0n) is 18.3. The first-order valence-electron chi connectivity index (χ1n) is 10.7. The van der Waals surface area contributed by atoms with Crippen LogP contribution in [-0.2, 0) is 4.79 Å². The molecule has 0 unspecified atom stereocenters. The third kappa shape index (κ3) is 5.32. The number of hydrogen-bond acceptors (Lipinski definition) is 7. The topological polar surface area (TPSA) is 92.0 Å². The Bertz CT molecular complexity index is 1250. The average Bonchev–Trinajstić information content (AvgIpc) is 3.40. The van der Waals surface area contributed by atoms with E-state index in [1.54, 1.807) is 30.3 Å². The van der Waals surface area contributed by atoms with Crippen molar-refractivity contribution in [1.29, 1.82) is 0 Å². The van der Waals surface area contributed by atoms with Crippen LogP contribution in [0.25, 0.3) is 17.4 Å². The van der Waals surface area contributed by atoms with Gasteiger partial charge in [-0.15, -0.1) is 0 Å². The molecule has 1 saturated heterocycles. The maximum absolute atomic E-state index is 12.9. The van der Waals surface area contributed by atoms with E-state index in [4.69, 9.17) is 21.4 Å². The lowest BCUT2D eigenvalue weighted by Crippen LogP contribution is -2.34. The first-order chi connectivity index (χ1) is 16.5. The fourth-order valence-corrected chi connectivity index (χ4v) is 4.38. The van der Waals surface area contributed by atoms with E-state index in [0.29, 0.717) is 23.0 Å². The number of furan rings is 1. The van der Waals surface area contributed by atoms with E-state index >= 15 is 0 Å². The van der Waals surface area contributed by atoms with E-state index in [0.717, 1.165) is 40.9 Å². The summed E-state index contributed by atoms with van der Waals surface area (Å²) in [5, 5.41) is 10.5. The lowest BCUT2D eigenvalue weighted by atomic mass is 10.2. The highest BCUT2D eigenvalue weighted by Crippen LogP contribution is 2.34. The molecule has 2 aromatic carbocycles. The van der Waals surface area contributed by atoms with Crippen LogP contribution in [0.15, 0.2) is 70.0 Å². The van der Waals surface area contributed by atoms with E-state index in [1.165, 1.54) is 6.07 Å². The third-order valence-corrected chi connectivity index (χ3v) is 6.29. The van der Waals surface area contributed by atoms with E-state index in [-0.39, 0.29) is 21.5 Å². The standard InChI is InChI=1S/C25H22N2O5S2/c1-2-3-14-31-17-10-8-16(9-11-17)21-13-12-18(32-21)15-22-23(28)27(25(33)34-22)26-20-7-5-4-6-19(20)24(29)30/h4-13,15,26H,2-3,14H2,1H3,(H,29,30)/b22-15+. The van der Waals surface area contributed by atoms with Gasteiger partial charge in [-0.05, 0) is 67.2 Å². The first-order valence-corrected chi connectivity index (χ1v) is 11.9. The SMILES string of the molecule is CCCCOc1ccc(-c2ccc(/C=C3/SC(=S)N(Nc4ccccc4C(=O)O)C3=O)o2)cc1. The molecule has 2 heterocycles. The van der Waals surface area contributed by atoms with Crippen molar-refractivity contribution in [2.45, 2.75) is 19.8 Å². The molecule has 1 aromatic heterocycles. The quantitative estimate of drug-likeness (QED) is 0.211. The van der Waals surface area contributed by atoms with Gasteiger partial charge in [-0.2, -0.15) is 0 Å². The molecule has 9 heteroatoms. The molecule has 0 saturated carbocycles. The van der Waals surface area contributed by atoms with Crippen LogP contribution >= 0.6 is 24.0 Å². The van der Waals surface area contributed by atoms with Gasteiger partial charge in [-0.25, -0.2) is 9.80 Å². The molecule has 4 rings (SSSR count). The van der Waals surface area contributed by atoms with Gasteiger partial charge >= 0.3 is 5.97 Å². The Morgan fingerprint density at radius 3 is 2.68 bits per heavy atom. The summed E-state index contributed by atoms with van der Waals surface area (Å²) in [6.07, 6.45) is 3.71. The second kappa shape index (κ2) is 10.6. The summed E-state index contributed by atoms with van der Waals surface area (Å²) >= 11 is 6.43. The van der Waals surface area contributed by atoms with Crippen LogP contribution in [0, 0.1) is 0 Å². The molecule has 0 spiro atoms. The Hall–Kier alpha value is -3.56. The molecule has 3 aromatic rings. The molecule has 1 aliphatic rings. The zero-order chi connectivity index (χ0) is 24.1. The normalized spacial score (nSPS) is 14.6. The van der Waals surface area contributed by atoms with Crippen molar-refractivity contribution in [2.75, 3.05) is 12.0 Å². The van der Waals surface area contributed by atoms with Crippen molar-refractivity contribution in [3.05, 3.63) is 76.9 Å². The number of unbranched alkanes of at least 4 members (excludes halogenated alkanes) is 1. The summed E-state index contributed by atoms with van der Waals surface area (Å²) < 4.78 is 11.9. The second-order valence-corrected chi connectivity index (χ2v) is 9.08. The Balaban J connectivity index is 1.47. The minimum absolute atomic E-state index is 0.0398. The van der Waals surface area contributed by atoms with Crippen LogP contribution in [0.4, 0.5) is 5.69 Å². The van der Waals surface area contributed by atoms with Crippen molar-refractivity contribution >= 4 is 51.9 Å². The molecule has 174 valence electrons. The number of hydrazine groups is 1. The van der Waals surface area contributed by atoms with Gasteiger partial charge < -0.3 is 14.3 Å². The fraction of sp³-hybridized carbons (Fsp3) is 0.160. The molecule has 0 aliphatic carbocycles. The van der Waals surface area contributed by atoms with Crippen molar-refractivity contribution < 1.29 is 23.8 Å². The monoisotopic (exact) mass is 494 g/mol. The second-order valence-electron chi connectivity index (χ2n) is 7.41. The van der Waals surface area contributed by atoms with E-state index < -0.39 is 5.97 Å². The van der Waals surface area contributed by atoms with Gasteiger partial charge in [-0.3, -0.25) is 10.2 Å². The maximum Gasteiger partial charge on any atom is 0.337 e. The number of nitrogens with one attached hydrogen (secondary N) is 1. The molecule has 2 N–H and O–H groups in total. The lowest BCUT2D eigenvalue weighted by Gasteiger charge is -2.18. The van der Waals surface area contributed by atoms with E-state index in [1.807, 2.05) is 30.3 Å². The number of thioether (sulfide) groups is 1. The number of carboxylic acid groups (broad SMARTS) is 1. The van der Waals surface area contributed by atoms with Crippen LogP contribution < -0.4 is 10.2 Å². The highest BCUT2D eigenvalue weighted by molar-refractivity contribution is 8.26. The maximum atomic E-state index is 12.9. The summed E-state index contributed by atoms with van der Waals surface area (Å²) in [6, 6.07) is 17.6. The molecule has 7 nitrogen and oxygen atoms in total. The average molecular weight is 495 g/mol. The van der Waals surface area contributed by atoms with E-state index in [2.05, 4.69) is 12.3 Å². The molecule has 0 radical (unpaired) electrons. The van der Waals surface area contributed by atoms with Gasteiger partial charge in [0, 0.05) is 11.6 Å². The number of para-hydroxylation sites is 1. The van der Waals surface area contributed by atoms with Crippen molar-refractivity contribution in [2.24, 2.45) is 0 Å². The van der Waals surface area contributed by atoms with Gasteiger partial charge in [-0.1, -0.05) is 37.2 Å². The molecule has 1 amide bonds. The minimum Gasteiger partial charge on any atom is -0.494 e. The number of carbonyl (C=O) groups is 2. The Morgan fingerprint density at radius 2 is 1.94 bits per heavy atom. The minimum atomic E-state index is -1.10. The molecular formula is C25H22N2O5S2.